The Morgan fingerprint density at radius 2 is 1.84 bits per heavy atom. The maximum Gasteiger partial charge on any atom is 0.279 e. The molecule has 8 heteroatoms. The van der Waals surface area contributed by atoms with Gasteiger partial charge in [-0.2, -0.15) is 0 Å². The number of nitrogens with one attached hydrogen (secondary N) is 1. The molecule has 0 saturated carbocycles. The molecule has 0 atom stereocenters. The van der Waals surface area contributed by atoms with Crippen molar-refractivity contribution in [2.75, 3.05) is 0 Å². The maximum atomic E-state index is 11.4. The monoisotopic (exact) mass is 271 g/mol. The van der Waals surface area contributed by atoms with Gasteiger partial charge in [-0.1, -0.05) is 6.58 Å². The zero-order chi connectivity index (χ0) is 14.6. The lowest BCUT2D eigenvalue weighted by molar-refractivity contribution is -0.463. The molecule has 7 N–H and O–H groups in total. The third-order valence-electron chi connectivity index (χ3n) is 3.19. The van der Waals surface area contributed by atoms with Crippen molar-refractivity contribution in [2.45, 2.75) is 23.8 Å². The van der Waals surface area contributed by atoms with Crippen LogP contribution in [-0.4, -0.2) is 53.0 Å². The molecule has 0 radical (unpaired) electrons. The largest absolute Gasteiger partial charge is 0.361 e. The number of rotatable bonds is 2. The van der Waals surface area contributed by atoms with Crippen LogP contribution in [-0.2, 0) is 12.2 Å². The smallest absolute Gasteiger partial charge is 0.279 e. The maximum absolute atomic E-state index is 11.4. The molecule has 0 unspecified atom stereocenters. The number of allylic oxidation sites excluding steroid dienone is 1. The molecule has 0 saturated heterocycles. The zero-order valence-electron chi connectivity index (χ0n) is 9.66. The number of carbonyl (C=O) groups excluding carboxylic acids is 1. The summed E-state index contributed by atoms with van der Waals surface area (Å²) in [4.78, 5) is 13.9. The fourth-order valence-electron chi connectivity index (χ4n) is 2.03. The molecule has 19 heavy (non-hydrogen) atoms. The molecular formula is C11H13NO7. The Bertz CT molecular complexity index is 555. The van der Waals surface area contributed by atoms with Gasteiger partial charge in [-0.05, 0) is 12.1 Å². The van der Waals surface area contributed by atoms with Crippen molar-refractivity contribution in [3.8, 4) is 0 Å². The van der Waals surface area contributed by atoms with E-state index in [0.717, 1.165) is 12.1 Å². The summed E-state index contributed by atoms with van der Waals surface area (Å²) in [5, 5.41) is 57.5. The van der Waals surface area contributed by atoms with Gasteiger partial charge in [-0.15, -0.1) is 0 Å². The number of ketones is 1. The average Bonchev–Trinajstić information content (AvgIpc) is 2.70. The van der Waals surface area contributed by atoms with Crippen molar-refractivity contribution in [1.29, 1.82) is 0 Å². The highest BCUT2D eigenvalue weighted by Crippen LogP contribution is 2.43. The molecule has 1 aliphatic carbocycles. The Morgan fingerprint density at radius 1 is 1.26 bits per heavy atom. The van der Waals surface area contributed by atoms with Gasteiger partial charge in [0.15, 0.2) is 0 Å². The third kappa shape index (κ3) is 1.66. The normalized spacial score (nSPS) is 22.6. The molecule has 1 aromatic rings. The molecule has 104 valence electrons. The molecule has 1 aromatic heterocycles. The van der Waals surface area contributed by atoms with Gasteiger partial charge in [0.05, 0.1) is 5.69 Å². The van der Waals surface area contributed by atoms with Crippen LogP contribution in [0, 0.1) is 0 Å². The van der Waals surface area contributed by atoms with E-state index in [1.807, 2.05) is 0 Å². The third-order valence-corrected chi connectivity index (χ3v) is 3.19. The van der Waals surface area contributed by atoms with Gasteiger partial charge in [-0.3, -0.25) is 4.79 Å². The molecule has 0 fully saturated rings. The quantitative estimate of drug-likeness (QED) is 0.177. The fourth-order valence-corrected chi connectivity index (χ4v) is 2.03. The van der Waals surface area contributed by atoms with Crippen LogP contribution in [0.5, 0.6) is 0 Å². The summed E-state index contributed by atoms with van der Waals surface area (Å²) >= 11 is 0. The van der Waals surface area contributed by atoms with Gasteiger partial charge in [-0.25, -0.2) is 0 Å². The van der Waals surface area contributed by atoms with E-state index in [4.69, 9.17) is 0 Å². The molecule has 2 rings (SSSR count). The van der Waals surface area contributed by atoms with E-state index >= 15 is 0 Å². The van der Waals surface area contributed by atoms with Gasteiger partial charge in [0.25, 0.3) is 11.6 Å². The van der Waals surface area contributed by atoms with Crippen LogP contribution in [0.4, 0.5) is 0 Å². The molecule has 0 bridgehead atoms. The van der Waals surface area contributed by atoms with E-state index < -0.39 is 35.1 Å². The molecule has 0 spiro atoms. The molecule has 1 heterocycles. The van der Waals surface area contributed by atoms with Gasteiger partial charge in [0.2, 0.25) is 11.6 Å². The minimum absolute atomic E-state index is 0.0963. The first-order valence-corrected chi connectivity index (χ1v) is 5.28. The second kappa shape index (κ2) is 3.73. The highest BCUT2D eigenvalue weighted by molar-refractivity contribution is 6.03. The predicted molar refractivity (Wildman–Crippen MR) is 59.5 cm³/mol. The first-order valence-electron chi connectivity index (χ1n) is 5.28. The number of aromatic nitrogens is 1. The van der Waals surface area contributed by atoms with Crippen LogP contribution in [0.3, 0.4) is 0 Å². The van der Waals surface area contributed by atoms with Crippen LogP contribution in [0.25, 0.3) is 0 Å². The number of hydrogen-bond donors (Lipinski definition) is 7. The van der Waals surface area contributed by atoms with E-state index in [2.05, 4.69) is 11.6 Å². The van der Waals surface area contributed by atoms with E-state index in [1.165, 1.54) is 0 Å². The van der Waals surface area contributed by atoms with Crippen molar-refractivity contribution < 1.29 is 35.4 Å². The van der Waals surface area contributed by atoms with Crippen molar-refractivity contribution in [3.05, 3.63) is 35.7 Å². The topological polar surface area (TPSA) is 154 Å². The summed E-state index contributed by atoms with van der Waals surface area (Å²) in [6.45, 7) is 3.24. The van der Waals surface area contributed by atoms with Crippen molar-refractivity contribution in [3.63, 3.8) is 0 Å². The summed E-state index contributed by atoms with van der Waals surface area (Å²) in [6, 6.07) is 0.982. The van der Waals surface area contributed by atoms with Gasteiger partial charge >= 0.3 is 0 Å². The van der Waals surface area contributed by atoms with E-state index in [9.17, 15) is 35.4 Å². The molecule has 8 nitrogen and oxygen atoms in total. The molecule has 1 aliphatic rings. The summed E-state index contributed by atoms with van der Waals surface area (Å²) in [6.07, 6.45) is 0.229. The van der Waals surface area contributed by atoms with E-state index in [0.29, 0.717) is 0 Å². The number of aliphatic hydroxyl groups is 6. The van der Waals surface area contributed by atoms with E-state index in [1.54, 1.807) is 0 Å². The average molecular weight is 271 g/mol. The Kier molecular flexibility index (Phi) is 2.72. The Balaban J connectivity index is 2.64. The number of fused-ring (bicyclic) bond motifs is 1. The highest BCUT2D eigenvalue weighted by atomic mass is 16.7. The van der Waals surface area contributed by atoms with Gasteiger partial charge in [0.1, 0.15) is 0 Å². The lowest BCUT2D eigenvalue weighted by Gasteiger charge is -2.46. The highest BCUT2D eigenvalue weighted by Gasteiger charge is 2.66. The Labute approximate surface area is 106 Å². The Hall–Kier alpha value is -1.55. The lowest BCUT2D eigenvalue weighted by Crippen LogP contribution is -2.69. The number of hydrogen-bond acceptors (Lipinski definition) is 7. The van der Waals surface area contributed by atoms with Gasteiger partial charge < -0.3 is 35.6 Å². The summed E-state index contributed by atoms with van der Waals surface area (Å²) in [5.74, 6) is -10.8. The number of H-pyrrole nitrogens is 1. The molecule has 0 amide bonds. The van der Waals surface area contributed by atoms with Crippen molar-refractivity contribution in [1.82, 2.24) is 4.98 Å². The first kappa shape index (κ1) is 13.9. The second-order valence-corrected chi connectivity index (χ2v) is 4.48. The first-order chi connectivity index (χ1) is 8.54. The SMILES string of the molecule is C=CC(=O)c1cc2c([nH]1)CC(O)(O)C(O)(O)C2(O)O. The van der Waals surface area contributed by atoms with Crippen molar-refractivity contribution in [2.24, 2.45) is 0 Å². The summed E-state index contributed by atoms with van der Waals surface area (Å²) in [7, 11) is 0. The minimum atomic E-state index is -3.62. The fraction of sp³-hybridized carbons (Fsp3) is 0.364. The van der Waals surface area contributed by atoms with Crippen LogP contribution in [0.2, 0.25) is 0 Å². The summed E-state index contributed by atoms with van der Waals surface area (Å²) in [5.41, 5.74) is -0.638. The van der Waals surface area contributed by atoms with Crippen molar-refractivity contribution >= 4 is 5.78 Å². The van der Waals surface area contributed by atoms with Crippen LogP contribution >= 0.6 is 0 Å². The number of carbonyl (C=O) groups is 1. The van der Waals surface area contributed by atoms with Gasteiger partial charge in [0, 0.05) is 17.7 Å². The Morgan fingerprint density at radius 3 is 2.37 bits per heavy atom. The lowest BCUT2D eigenvalue weighted by atomic mass is 9.81. The molecule has 0 aromatic carbocycles. The summed E-state index contributed by atoms with van der Waals surface area (Å²) < 4.78 is 0. The zero-order valence-corrected chi connectivity index (χ0v) is 9.66. The minimum Gasteiger partial charge on any atom is -0.361 e. The van der Waals surface area contributed by atoms with E-state index in [-0.39, 0.29) is 11.4 Å². The van der Waals surface area contributed by atoms with Crippen LogP contribution < -0.4 is 0 Å². The molecule has 0 aliphatic heterocycles. The second-order valence-electron chi connectivity index (χ2n) is 4.48. The predicted octanol–water partition coefficient (Wildman–Crippen LogP) is -2.56. The van der Waals surface area contributed by atoms with Crippen LogP contribution in [0.1, 0.15) is 21.7 Å². The molecular weight excluding hydrogens is 258 g/mol. The standard InChI is InChI=1S/C11H13NO7/c1-2-8(13)6-3-5-7(12-6)4-9(14,15)11(18,19)10(5,16)17/h2-3,12,14-19H,1,4H2. The van der Waals surface area contributed by atoms with Crippen LogP contribution in [0.15, 0.2) is 18.7 Å². The number of aromatic amines is 1.